The quantitative estimate of drug-likeness (QED) is 0.618. The van der Waals surface area contributed by atoms with Crippen LogP contribution in [0.4, 0.5) is 4.79 Å². The SMILES string of the molecule is CC(C)N1CC(=O)CCNC1=O. The van der Waals surface area contributed by atoms with Gasteiger partial charge in [-0.25, -0.2) is 4.79 Å². The van der Waals surface area contributed by atoms with Crippen LogP contribution in [0.25, 0.3) is 0 Å². The first-order valence-corrected chi connectivity index (χ1v) is 4.17. The molecule has 0 aliphatic carbocycles. The van der Waals surface area contributed by atoms with Crippen molar-refractivity contribution >= 4 is 11.8 Å². The third-order valence-corrected chi connectivity index (χ3v) is 1.91. The van der Waals surface area contributed by atoms with E-state index in [1.807, 2.05) is 13.8 Å². The largest absolute Gasteiger partial charge is 0.338 e. The summed E-state index contributed by atoms with van der Waals surface area (Å²) in [5.74, 6) is 0.127. The number of rotatable bonds is 1. The molecule has 1 aliphatic rings. The van der Waals surface area contributed by atoms with Crippen molar-refractivity contribution in [1.29, 1.82) is 0 Å². The Morgan fingerprint density at radius 3 is 2.67 bits per heavy atom. The summed E-state index contributed by atoms with van der Waals surface area (Å²) in [6.07, 6.45) is 0.453. The molecule has 0 aromatic heterocycles. The van der Waals surface area contributed by atoms with Gasteiger partial charge in [0.2, 0.25) is 0 Å². The van der Waals surface area contributed by atoms with E-state index in [2.05, 4.69) is 5.32 Å². The van der Waals surface area contributed by atoms with Gasteiger partial charge in [0.05, 0.1) is 6.54 Å². The van der Waals surface area contributed by atoms with Crippen LogP contribution in [-0.2, 0) is 4.79 Å². The molecule has 1 rings (SSSR count). The molecule has 0 radical (unpaired) electrons. The highest BCUT2D eigenvalue weighted by Crippen LogP contribution is 2.02. The summed E-state index contributed by atoms with van der Waals surface area (Å²) in [7, 11) is 0. The van der Waals surface area contributed by atoms with E-state index in [1.165, 1.54) is 0 Å². The molecule has 1 aliphatic heterocycles. The second-order valence-corrected chi connectivity index (χ2v) is 3.24. The zero-order valence-electron chi connectivity index (χ0n) is 7.46. The summed E-state index contributed by atoms with van der Waals surface area (Å²) < 4.78 is 0. The summed E-state index contributed by atoms with van der Waals surface area (Å²) >= 11 is 0. The number of nitrogens with zero attached hydrogens (tertiary/aromatic N) is 1. The van der Waals surface area contributed by atoms with Gasteiger partial charge in [-0.2, -0.15) is 0 Å². The summed E-state index contributed by atoms with van der Waals surface area (Å²) in [6.45, 7) is 4.53. The lowest BCUT2D eigenvalue weighted by molar-refractivity contribution is -0.119. The molecule has 2 amide bonds. The highest BCUT2D eigenvalue weighted by atomic mass is 16.2. The van der Waals surface area contributed by atoms with Crippen LogP contribution in [0.15, 0.2) is 0 Å². The predicted molar refractivity (Wildman–Crippen MR) is 44.9 cm³/mol. The minimum Gasteiger partial charge on any atom is -0.338 e. The Morgan fingerprint density at radius 1 is 1.42 bits per heavy atom. The number of carbonyl (C=O) groups excluding carboxylic acids is 2. The zero-order valence-corrected chi connectivity index (χ0v) is 7.46. The smallest absolute Gasteiger partial charge is 0.318 e. The van der Waals surface area contributed by atoms with Gasteiger partial charge in [-0.05, 0) is 13.8 Å². The maximum atomic E-state index is 11.3. The molecule has 0 aromatic carbocycles. The van der Waals surface area contributed by atoms with E-state index in [4.69, 9.17) is 0 Å². The van der Waals surface area contributed by atoms with Crippen LogP contribution in [-0.4, -0.2) is 35.8 Å². The molecule has 0 bridgehead atoms. The van der Waals surface area contributed by atoms with Crippen LogP contribution in [0, 0.1) is 0 Å². The lowest BCUT2D eigenvalue weighted by Crippen LogP contribution is -2.43. The second-order valence-electron chi connectivity index (χ2n) is 3.24. The van der Waals surface area contributed by atoms with Crippen LogP contribution >= 0.6 is 0 Å². The van der Waals surface area contributed by atoms with Crippen LogP contribution in [0.2, 0.25) is 0 Å². The predicted octanol–water partition coefficient (Wildman–Crippen LogP) is 0.379. The third kappa shape index (κ3) is 1.96. The van der Waals surface area contributed by atoms with Crippen LogP contribution in [0.1, 0.15) is 20.3 Å². The summed E-state index contributed by atoms with van der Waals surface area (Å²) in [4.78, 5) is 23.9. The Hall–Kier alpha value is -1.06. The van der Waals surface area contributed by atoms with Gasteiger partial charge >= 0.3 is 6.03 Å². The fourth-order valence-electron chi connectivity index (χ4n) is 1.17. The van der Waals surface area contributed by atoms with E-state index in [0.29, 0.717) is 13.0 Å². The minimum atomic E-state index is -0.129. The van der Waals surface area contributed by atoms with Crippen molar-refractivity contribution in [3.05, 3.63) is 0 Å². The first-order chi connectivity index (χ1) is 5.61. The Kier molecular flexibility index (Phi) is 2.68. The molecular weight excluding hydrogens is 156 g/mol. The van der Waals surface area contributed by atoms with Gasteiger partial charge in [-0.3, -0.25) is 4.79 Å². The van der Waals surface area contributed by atoms with E-state index >= 15 is 0 Å². The molecule has 68 valence electrons. The lowest BCUT2D eigenvalue weighted by atomic mass is 10.2. The average Bonchev–Trinajstić information content (AvgIpc) is 2.13. The number of amides is 2. The molecule has 0 saturated carbocycles. The summed E-state index contributed by atoms with van der Waals surface area (Å²) in [5.41, 5.74) is 0. The van der Waals surface area contributed by atoms with Crippen molar-refractivity contribution in [3.8, 4) is 0 Å². The van der Waals surface area contributed by atoms with Crippen molar-refractivity contribution in [1.82, 2.24) is 10.2 Å². The fraction of sp³-hybridized carbons (Fsp3) is 0.750. The zero-order chi connectivity index (χ0) is 9.14. The normalized spacial score (nSPS) is 19.4. The van der Waals surface area contributed by atoms with Crippen LogP contribution in [0.5, 0.6) is 0 Å². The van der Waals surface area contributed by atoms with Gasteiger partial charge in [0.15, 0.2) is 5.78 Å². The van der Waals surface area contributed by atoms with Gasteiger partial charge in [0, 0.05) is 19.0 Å². The molecule has 0 unspecified atom stereocenters. The standard InChI is InChI=1S/C8H14N2O2/c1-6(2)10-5-7(11)3-4-9-8(10)12/h6H,3-5H2,1-2H3,(H,9,12). The molecule has 0 aromatic rings. The van der Waals surface area contributed by atoms with Crippen LogP contribution in [0.3, 0.4) is 0 Å². The van der Waals surface area contributed by atoms with Crippen molar-refractivity contribution < 1.29 is 9.59 Å². The third-order valence-electron chi connectivity index (χ3n) is 1.91. The topological polar surface area (TPSA) is 49.4 Å². The number of urea groups is 1. The molecular formula is C8H14N2O2. The second kappa shape index (κ2) is 3.56. The highest BCUT2D eigenvalue weighted by Gasteiger charge is 2.22. The Bertz CT molecular complexity index is 201. The monoisotopic (exact) mass is 170 g/mol. The Morgan fingerprint density at radius 2 is 2.08 bits per heavy atom. The molecule has 1 N–H and O–H groups in total. The molecule has 1 fully saturated rings. The van der Waals surface area contributed by atoms with E-state index in [0.717, 1.165) is 0 Å². The molecule has 12 heavy (non-hydrogen) atoms. The number of carbonyl (C=O) groups is 2. The molecule has 0 atom stereocenters. The number of hydrogen-bond acceptors (Lipinski definition) is 2. The Labute approximate surface area is 71.9 Å². The van der Waals surface area contributed by atoms with Crippen molar-refractivity contribution in [3.63, 3.8) is 0 Å². The highest BCUT2D eigenvalue weighted by molar-refractivity contribution is 5.87. The molecule has 1 heterocycles. The maximum Gasteiger partial charge on any atom is 0.318 e. The van der Waals surface area contributed by atoms with Gasteiger partial charge in [0.1, 0.15) is 0 Å². The van der Waals surface area contributed by atoms with Gasteiger partial charge < -0.3 is 10.2 Å². The lowest BCUT2D eigenvalue weighted by Gasteiger charge is -2.23. The fourth-order valence-corrected chi connectivity index (χ4v) is 1.17. The van der Waals surface area contributed by atoms with E-state index in [-0.39, 0.29) is 24.4 Å². The first-order valence-electron chi connectivity index (χ1n) is 4.17. The average molecular weight is 170 g/mol. The minimum absolute atomic E-state index is 0.0899. The number of hydrogen-bond donors (Lipinski definition) is 1. The van der Waals surface area contributed by atoms with E-state index in [9.17, 15) is 9.59 Å². The summed E-state index contributed by atoms with van der Waals surface area (Å²) in [6, 6.07) is -0.0390. The van der Waals surface area contributed by atoms with Gasteiger partial charge in [0.25, 0.3) is 0 Å². The molecule has 0 spiro atoms. The van der Waals surface area contributed by atoms with E-state index < -0.39 is 0 Å². The Balaban J connectivity index is 2.67. The number of ketones is 1. The van der Waals surface area contributed by atoms with Crippen molar-refractivity contribution in [2.45, 2.75) is 26.3 Å². The summed E-state index contributed by atoms with van der Waals surface area (Å²) in [5, 5.41) is 2.67. The maximum absolute atomic E-state index is 11.3. The van der Waals surface area contributed by atoms with Crippen molar-refractivity contribution in [2.24, 2.45) is 0 Å². The first kappa shape index (κ1) is 9.03. The van der Waals surface area contributed by atoms with Crippen LogP contribution < -0.4 is 5.32 Å². The van der Waals surface area contributed by atoms with Gasteiger partial charge in [-0.15, -0.1) is 0 Å². The molecule has 4 nitrogen and oxygen atoms in total. The van der Waals surface area contributed by atoms with E-state index in [1.54, 1.807) is 4.90 Å². The van der Waals surface area contributed by atoms with Crippen molar-refractivity contribution in [2.75, 3.05) is 13.1 Å². The molecule has 4 heteroatoms. The molecule has 1 saturated heterocycles. The number of nitrogens with one attached hydrogen (secondary N) is 1. The van der Waals surface area contributed by atoms with Gasteiger partial charge in [-0.1, -0.05) is 0 Å². The number of Topliss-reactive ketones (excluding diaryl/α,β-unsaturated/α-hetero) is 1.